The van der Waals surface area contributed by atoms with E-state index in [-0.39, 0.29) is 18.5 Å². The molecule has 134 valence electrons. The molecule has 1 amide bonds. The van der Waals surface area contributed by atoms with Crippen LogP contribution in [0, 0.1) is 0 Å². The second kappa shape index (κ2) is 9.09. The van der Waals surface area contributed by atoms with E-state index in [4.69, 9.17) is 27.9 Å². The average Bonchev–Trinajstić information content (AvgIpc) is 2.59. The molecule has 0 radical (unpaired) electrons. The van der Waals surface area contributed by atoms with Crippen molar-refractivity contribution < 1.29 is 9.53 Å². The van der Waals surface area contributed by atoms with E-state index in [0.717, 1.165) is 16.9 Å². The van der Waals surface area contributed by atoms with E-state index < -0.39 is 0 Å². The molecule has 0 saturated carbocycles. The van der Waals surface area contributed by atoms with Crippen LogP contribution in [0.2, 0.25) is 10.0 Å². The van der Waals surface area contributed by atoms with E-state index in [1.807, 2.05) is 37.3 Å². The number of methoxy groups -OCH3 is 1. The first-order valence-electron chi connectivity index (χ1n) is 7.96. The van der Waals surface area contributed by atoms with Gasteiger partial charge in [0.05, 0.1) is 13.7 Å². The molecule has 0 heterocycles. The summed E-state index contributed by atoms with van der Waals surface area (Å²) in [4.78, 5) is 14.1. The van der Waals surface area contributed by atoms with Crippen LogP contribution in [0.5, 0.6) is 5.75 Å². The third-order valence-corrected chi connectivity index (χ3v) is 4.58. The molecule has 25 heavy (non-hydrogen) atoms. The summed E-state index contributed by atoms with van der Waals surface area (Å²) in [6.07, 6.45) is 0. The first-order chi connectivity index (χ1) is 11.9. The van der Waals surface area contributed by atoms with Crippen molar-refractivity contribution >= 4 is 29.1 Å². The number of carbonyl (C=O) groups excluding carboxylic acids is 1. The van der Waals surface area contributed by atoms with Gasteiger partial charge in [0.25, 0.3) is 0 Å². The standard InChI is InChI=1S/C19H22Cl2N2O2/c1-13(16-9-8-15(20)10-17(16)21)22-11-19(24)23(2)12-14-6-4-5-7-18(14)25-3/h4-10,13,22H,11-12H2,1-3H3. The Hall–Kier alpha value is -1.75. The first-order valence-corrected chi connectivity index (χ1v) is 8.72. The fourth-order valence-corrected chi connectivity index (χ4v) is 3.09. The van der Waals surface area contributed by atoms with Crippen molar-refractivity contribution in [3.8, 4) is 5.75 Å². The summed E-state index contributed by atoms with van der Waals surface area (Å²) in [7, 11) is 3.40. The number of nitrogens with zero attached hydrogens (tertiary/aromatic N) is 1. The molecule has 0 spiro atoms. The van der Waals surface area contributed by atoms with Crippen molar-refractivity contribution in [3.63, 3.8) is 0 Å². The Bertz CT molecular complexity index is 737. The van der Waals surface area contributed by atoms with Crippen LogP contribution in [0.1, 0.15) is 24.1 Å². The summed E-state index contributed by atoms with van der Waals surface area (Å²) in [6, 6.07) is 13.0. The molecule has 0 aliphatic heterocycles. The van der Waals surface area contributed by atoms with Gasteiger partial charge in [0.15, 0.2) is 0 Å². The lowest BCUT2D eigenvalue weighted by Crippen LogP contribution is -2.36. The molecule has 0 saturated heterocycles. The van der Waals surface area contributed by atoms with Crippen molar-refractivity contribution in [2.45, 2.75) is 19.5 Å². The number of ether oxygens (including phenoxy) is 1. The van der Waals surface area contributed by atoms with Crippen molar-refractivity contribution in [2.75, 3.05) is 20.7 Å². The van der Waals surface area contributed by atoms with Gasteiger partial charge in [-0.05, 0) is 30.7 Å². The minimum atomic E-state index is -0.0617. The molecule has 0 bridgehead atoms. The molecule has 0 aliphatic rings. The normalized spacial score (nSPS) is 11.9. The SMILES string of the molecule is COc1ccccc1CN(C)C(=O)CNC(C)c1ccc(Cl)cc1Cl. The number of halogens is 2. The van der Waals surface area contributed by atoms with Gasteiger partial charge in [0.1, 0.15) is 5.75 Å². The van der Waals surface area contributed by atoms with Crippen LogP contribution < -0.4 is 10.1 Å². The summed E-state index contributed by atoms with van der Waals surface area (Å²) >= 11 is 12.1. The third-order valence-electron chi connectivity index (χ3n) is 4.01. The lowest BCUT2D eigenvalue weighted by atomic mass is 10.1. The molecule has 0 aliphatic carbocycles. The number of rotatable bonds is 7. The molecule has 0 aromatic heterocycles. The molecule has 2 aromatic carbocycles. The molecule has 1 atom stereocenters. The largest absolute Gasteiger partial charge is 0.496 e. The van der Waals surface area contributed by atoms with Crippen LogP contribution in [-0.4, -0.2) is 31.5 Å². The maximum absolute atomic E-state index is 12.4. The minimum absolute atomic E-state index is 0.0113. The van der Waals surface area contributed by atoms with E-state index in [9.17, 15) is 4.79 Å². The highest BCUT2D eigenvalue weighted by Gasteiger charge is 2.15. The van der Waals surface area contributed by atoms with Gasteiger partial charge in [-0.25, -0.2) is 0 Å². The van der Waals surface area contributed by atoms with E-state index in [2.05, 4.69) is 5.32 Å². The number of likely N-dealkylation sites (N-methyl/N-ethyl adjacent to an activating group) is 1. The molecule has 1 N–H and O–H groups in total. The molecular formula is C19H22Cl2N2O2. The van der Waals surface area contributed by atoms with E-state index in [1.54, 1.807) is 31.2 Å². The van der Waals surface area contributed by atoms with Gasteiger partial charge in [0.2, 0.25) is 5.91 Å². The van der Waals surface area contributed by atoms with Crippen molar-refractivity contribution in [1.29, 1.82) is 0 Å². The zero-order valence-electron chi connectivity index (χ0n) is 14.6. The van der Waals surface area contributed by atoms with E-state index in [1.165, 1.54) is 0 Å². The Balaban J connectivity index is 1.92. The highest BCUT2D eigenvalue weighted by atomic mass is 35.5. The summed E-state index contributed by atoms with van der Waals surface area (Å²) in [5.74, 6) is 0.763. The Labute approximate surface area is 158 Å². The summed E-state index contributed by atoms with van der Waals surface area (Å²) in [5.41, 5.74) is 1.88. The number of hydrogen-bond donors (Lipinski definition) is 1. The molecule has 6 heteroatoms. The fourth-order valence-electron chi connectivity index (χ4n) is 2.52. The second-order valence-corrected chi connectivity index (χ2v) is 6.67. The predicted molar refractivity (Wildman–Crippen MR) is 102 cm³/mol. The van der Waals surface area contributed by atoms with E-state index in [0.29, 0.717) is 16.6 Å². The van der Waals surface area contributed by atoms with Crippen LogP contribution in [0.3, 0.4) is 0 Å². The highest BCUT2D eigenvalue weighted by molar-refractivity contribution is 6.35. The van der Waals surface area contributed by atoms with Crippen LogP contribution >= 0.6 is 23.2 Å². The Morgan fingerprint density at radius 3 is 2.64 bits per heavy atom. The Morgan fingerprint density at radius 1 is 1.24 bits per heavy atom. The average molecular weight is 381 g/mol. The van der Waals surface area contributed by atoms with Crippen LogP contribution in [0.4, 0.5) is 0 Å². The third kappa shape index (κ3) is 5.36. The van der Waals surface area contributed by atoms with Crippen molar-refractivity contribution in [2.24, 2.45) is 0 Å². The van der Waals surface area contributed by atoms with Crippen LogP contribution in [-0.2, 0) is 11.3 Å². The van der Waals surface area contributed by atoms with Gasteiger partial charge in [0, 0.05) is 35.2 Å². The van der Waals surface area contributed by atoms with Gasteiger partial charge < -0.3 is 15.0 Å². The molecule has 4 nitrogen and oxygen atoms in total. The second-order valence-electron chi connectivity index (χ2n) is 5.83. The summed E-state index contributed by atoms with van der Waals surface area (Å²) < 4.78 is 5.33. The zero-order valence-corrected chi connectivity index (χ0v) is 16.1. The molecule has 1 unspecified atom stereocenters. The predicted octanol–water partition coefficient (Wildman–Crippen LogP) is 4.31. The van der Waals surface area contributed by atoms with Crippen LogP contribution in [0.25, 0.3) is 0 Å². The molecule has 2 aromatic rings. The van der Waals surface area contributed by atoms with Gasteiger partial charge in [-0.2, -0.15) is 0 Å². The number of amides is 1. The molecule has 2 rings (SSSR count). The monoisotopic (exact) mass is 380 g/mol. The lowest BCUT2D eigenvalue weighted by molar-refractivity contribution is -0.129. The molecular weight excluding hydrogens is 359 g/mol. The number of benzene rings is 2. The first kappa shape index (κ1) is 19.6. The van der Waals surface area contributed by atoms with Crippen LogP contribution in [0.15, 0.2) is 42.5 Å². The number of nitrogens with one attached hydrogen (secondary N) is 1. The smallest absolute Gasteiger partial charge is 0.236 e. The lowest BCUT2D eigenvalue weighted by Gasteiger charge is -2.21. The minimum Gasteiger partial charge on any atom is -0.496 e. The van der Waals surface area contributed by atoms with Gasteiger partial charge in [-0.1, -0.05) is 47.5 Å². The van der Waals surface area contributed by atoms with Gasteiger partial charge >= 0.3 is 0 Å². The highest BCUT2D eigenvalue weighted by Crippen LogP contribution is 2.26. The molecule has 0 fully saturated rings. The van der Waals surface area contributed by atoms with Crippen molar-refractivity contribution in [3.05, 3.63) is 63.6 Å². The summed E-state index contributed by atoms with van der Waals surface area (Å²) in [5, 5.41) is 4.38. The van der Waals surface area contributed by atoms with Gasteiger partial charge in [-0.15, -0.1) is 0 Å². The number of carbonyl (C=O) groups is 1. The van der Waals surface area contributed by atoms with Crippen molar-refractivity contribution in [1.82, 2.24) is 10.2 Å². The van der Waals surface area contributed by atoms with Gasteiger partial charge in [-0.3, -0.25) is 4.79 Å². The fraction of sp³-hybridized carbons (Fsp3) is 0.316. The number of para-hydroxylation sites is 1. The maximum atomic E-state index is 12.4. The topological polar surface area (TPSA) is 41.6 Å². The Kier molecular flexibility index (Phi) is 7.12. The maximum Gasteiger partial charge on any atom is 0.236 e. The van der Waals surface area contributed by atoms with E-state index >= 15 is 0 Å². The number of hydrogen-bond acceptors (Lipinski definition) is 3. The quantitative estimate of drug-likeness (QED) is 0.777. The Morgan fingerprint density at radius 2 is 1.96 bits per heavy atom. The summed E-state index contributed by atoms with van der Waals surface area (Å²) in [6.45, 7) is 2.66. The zero-order chi connectivity index (χ0) is 18.4.